The van der Waals surface area contributed by atoms with Gasteiger partial charge in [0.2, 0.25) is 0 Å². The minimum atomic E-state index is -1.01. The Bertz CT molecular complexity index is 1050. The minimum Gasteiger partial charge on any atom is -0.390 e. The van der Waals surface area contributed by atoms with Gasteiger partial charge in [-0.25, -0.2) is 13.2 Å². The van der Waals surface area contributed by atoms with E-state index in [1.54, 1.807) is 42.5 Å². The first-order chi connectivity index (χ1) is 14.0. The highest BCUT2D eigenvalue weighted by Crippen LogP contribution is 2.34. The number of hydrogen-bond donors (Lipinski definition) is 0. The average molecular weight is 416 g/mol. The van der Waals surface area contributed by atoms with Crippen molar-refractivity contribution in [2.45, 2.75) is 19.4 Å². The quantitative estimate of drug-likeness (QED) is 0.322. The van der Waals surface area contributed by atoms with E-state index in [2.05, 4.69) is 5.16 Å². The number of oxime groups is 1. The summed E-state index contributed by atoms with van der Waals surface area (Å²) < 4.78 is 43.4. The summed E-state index contributed by atoms with van der Waals surface area (Å²) in [5.41, 5.74) is 1.25. The zero-order valence-electron chi connectivity index (χ0n) is 15.3. The van der Waals surface area contributed by atoms with Gasteiger partial charge in [-0.15, -0.1) is 0 Å². The molecule has 0 amide bonds. The normalized spacial score (nSPS) is 14.1. The van der Waals surface area contributed by atoms with E-state index in [0.717, 1.165) is 18.4 Å². The van der Waals surface area contributed by atoms with Gasteiger partial charge in [0.05, 0.1) is 16.8 Å². The lowest BCUT2D eigenvalue weighted by atomic mass is 10.0. The van der Waals surface area contributed by atoms with Crippen molar-refractivity contribution in [3.05, 3.63) is 94.3 Å². The smallest absolute Gasteiger partial charge is 0.148 e. The van der Waals surface area contributed by atoms with E-state index < -0.39 is 24.1 Å². The fraction of sp³-hybridized carbons (Fsp3) is 0.174. The maximum Gasteiger partial charge on any atom is 0.148 e. The van der Waals surface area contributed by atoms with Crippen LogP contribution in [0.3, 0.4) is 0 Å². The van der Waals surface area contributed by atoms with Gasteiger partial charge < -0.3 is 4.84 Å². The Morgan fingerprint density at radius 2 is 1.66 bits per heavy atom. The summed E-state index contributed by atoms with van der Waals surface area (Å²) in [5.74, 6) is -2.70. The Morgan fingerprint density at radius 1 is 0.966 bits per heavy atom. The molecule has 1 aliphatic rings. The number of halogens is 4. The van der Waals surface area contributed by atoms with Gasteiger partial charge in [-0.05, 0) is 36.1 Å². The molecule has 1 saturated carbocycles. The van der Waals surface area contributed by atoms with Crippen LogP contribution in [-0.2, 0) is 11.4 Å². The predicted octanol–water partition coefficient (Wildman–Crippen LogP) is 6.76. The van der Waals surface area contributed by atoms with Crippen molar-refractivity contribution in [1.29, 1.82) is 0 Å². The standard InChI is InChI=1S/C23H17ClF3NO/c24-17-10-8-16(9-11-17)23(15-6-7-15)28-29-13-18-19(25)12-20(26)21(22(18)27)14-4-2-1-3-5-14/h1-5,8-12,15H,6-7,13H2. The maximum atomic E-state index is 14.9. The lowest BCUT2D eigenvalue weighted by Gasteiger charge is -2.11. The van der Waals surface area contributed by atoms with E-state index in [-0.39, 0.29) is 17.0 Å². The first-order valence-corrected chi connectivity index (χ1v) is 9.60. The van der Waals surface area contributed by atoms with E-state index in [1.807, 2.05) is 12.1 Å². The second kappa shape index (κ2) is 8.29. The summed E-state index contributed by atoms with van der Waals surface area (Å²) in [6.07, 6.45) is 1.95. The Hall–Kier alpha value is -2.79. The molecule has 0 aliphatic heterocycles. The second-order valence-electron chi connectivity index (χ2n) is 6.90. The highest BCUT2D eigenvalue weighted by atomic mass is 35.5. The molecule has 1 aliphatic carbocycles. The molecular formula is C23H17ClF3NO. The molecule has 3 aromatic rings. The first-order valence-electron chi connectivity index (χ1n) is 9.22. The van der Waals surface area contributed by atoms with Gasteiger partial charge in [0, 0.05) is 17.0 Å². The molecule has 3 aromatic carbocycles. The fourth-order valence-corrected chi connectivity index (χ4v) is 3.27. The third-order valence-electron chi connectivity index (χ3n) is 4.80. The SMILES string of the molecule is Fc1cc(F)c(-c2ccccc2)c(F)c1CON=C(c1ccc(Cl)cc1)C1CC1. The van der Waals surface area contributed by atoms with E-state index in [0.29, 0.717) is 22.4 Å². The molecule has 29 heavy (non-hydrogen) atoms. The monoisotopic (exact) mass is 415 g/mol. The Labute approximate surface area is 171 Å². The second-order valence-corrected chi connectivity index (χ2v) is 7.34. The number of rotatable bonds is 6. The third kappa shape index (κ3) is 4.30. The molecule has 148 valence electrons. The number of benzene rings is 3. The van der Waals surface area contributed by atoms with Crippen LogP contribution in [0.15, 0.2) is 65.8 Å². The van der Waals surface area contributed by atoms with Crippen molar-refractivity contribution in [2.24, 2.45) is 11.1 Å². The van der Waals surface area contributed by atoms with Crippen LogP contribution in [0, 0.1) is 23.4 Å². The van der Waals surface area contributed by atoms with Crippen LogP contribution in [-0.4, -0.2) is 5.71 Å². The summed E-state index contributed by atoms with van der Waals surface area (Å²) in [5, 5.41) is 4.74. The molecule has 0 unspecified atom stereocenters. The van der Waals surface area contributed by atoms with Crippen LogP contribution < -0.4 is 0 Å². The van der Waals surface area contributed by atoms with Crippen molar-refractivity contribution < 1.29 is 18.0 Å². The van der Waals surface area contributed by atoms with Gasteiger partial charge >= 0.3 is 0 Å². The zero-order chi connectivity index (χ0) is 20.4. The summed E-state index contributed by atoms with van der Waals surface area (Å²) in [4.78, 5) is 5.31. The van der Waals surface area contributed by atoms with Crippen LogP contribution >= 0.6 is 11.6 Å². The van der Waals surface area contributed by atoms with Gasteiger partial charge in [-0.3, -0.25) is 0 Å². The van der Waals surface area contributed by atoms with E-state index >= 15 is 0 Å². The molecule has 0 heterocycles. The molecule has 0 saturated heterocycles. The third-order valence-corrected chi connectivity index (χ3v) is 5.06. The zero-order valence-corrected chi connectivity index (χ0v) is 16.1. The number of nitrogens with zero attached hydrogens (tertiary/aromatic N) is 1. The van der Waals surface area contributed by atoms with Crippen molar-refractivity contribution in [1.82, 2.24) is 0 Å². The molecule has 6 heteroatoms. The van der Waals surface area contributed by atoms with Crippen LogP contribution in [0.2, 0.25) is 5.02 Å². The summed E-state index contributed by atoms with van der Waals surface area (Å²) >= 11 is 5.92. The van der Waals surface area contributed by atoms with E-state index in [4.69, 9.17) is 16.4 Å². The molecule has 0 spiro atoms. The molecule has 0 N–H and O–H groups in total. The highest BCUT2D eigenvalue weighted by Gasteiger charge is 2.29. The van der Waals surface area contributed by atoms with Crippen LogP contribution in [0.25, 0.3) is 11.1 Å². The molecule has 4 rings (SSSR count). The summed E-state index contributed by atoms with van der Waals surface area (Å²) in [7, 11) is 0. The van der Waals surface area contributed by atoms with Gasteiger partial charge in [-0.1, -0.05) is 59.2 Å². The maximum absolute atomic E-state index is 14.9. The van der Waals surface area contributed by atoms with Crippen molar-refractivity contribution in [2.75, 3.05) is 0 Å². The van der Waals surface area contributed by atoms with Gasteiger partial charge in [0.25, 0.3) is 0 Å². The highest BCUT2D eigenvalue weighted by molar-refractivity contribution is 6.30. The lowest BCUT2D eigenvalue weighted by molar-refractivity contribution is 0.124. The Morgan fingerprint density at radius 3 is 2.31 bits per heavy atom. The molecular weight excluding hydrogens is 399 g/mol. The first kappa shape index (κ1) is 19.5. The average Bonchev–Trinajstić information content (AvgIpc) is 3.54. The van der Waals surface area contributed by atoms with E-state index in [1.165, 1.54) is 0 Å². The van der Waals surface area contributed by atoms with E-state index in [9.17, 15) is 13.2 Å². The van der Waals surface area contributed by atoms with Crippen molar-refractivity contribution in [3.63, 3.8) is 0 Å². The fourth-order valence-electron chi connectivity index (χ4n) is 3.14. The van der Waals surface area contributed by atoms with Gasteiger partial charge in [-0.2, -0.15) is 0 Å². The molecule has 1 fully saturated rings. The van der Waals surface area contributed by atoms with Gasteiger partial charge in [0.1, 0.15) is 24.1 Å². The Balaban J connectivity index is 1.61. The summed E-state index contributed by atoms with van der Waals surface area (Å²) in [6.45, 7) is -0.443. The number of hydrogen-bond acceptors (Lipinski definition) is 2. The van der Waals surface area contributed by atoms with Crippen molar-refractivity contribution in [3.8, 4) is 11.1 Å². The summed E-state index contributed by atoms with van der Waals surface area (Å²) in [6, 6.07) is 16.0. The topological polar surface area (TPSA) is 21.6 Å². The molecule has 0 radical (unpaired) electrons. The van der Waals surface area contributed by atoms with Crippen LogP contribution in [0.1, 0.15) is 24.0 Å². The largest absolute Gasteiger partial charge is 0.390 e. The van der Waals surface area contributed by atoms with Crippen LogP contribution in [0.4, 0.5) is 13.2 Å². The van der Waals surface area contributed by atoms with Crippen molar-refractivity contribution >= 4 is 17.3 Å². The minimum absolute atomic E-state index is 0.249. The lowest BCUT2D eigenvalue weighted by Crippen LogP contribution is -2.07. The Kier molecular flexibility index (Phi) is 5.58. The molecule has 2 nitrogen and oxygen atoms in total. The molecule has 0 atom stereocenters. The predicted molar refractivity (Wildman–Crippen MR) is 107 cm³/mol. The van der Waals surface area contributed by atoms with Crippen LogP contribution in [0.5, 0.6) is 0 Å². The molecule has 0 aromatic heterocycles. The molecule has 0 bridgehead atoms. The van der Waals surface area contributed by atoms with Gasteiger partial charge in [0.15, 0.2) is 0 Å².